The maximum atomic E-state index is 11.8. The highest BCUT2D eigenvalue weighted by molar-refractivity contribution is 5.85. The lowest BCUT2D eigenvalue weighted by Crippen LogP contribution is -2.39. The molecule has 5 heteroatoms. The number of aryl methyl sites for hydroxylation is 2. The Labute approximate surface area is 133 Å². The van der Waals surface area contributed by atoms with E-state index in [1.54, 1.807) is 0 Å². The summed E-state index contributed by atoms with van der Waals surface area (Å²) < 4.78 is 5.59. The topological polar surface area (TPSA) is 50.4 Å². The molecule has 1 unspecified atom stereocenters. The molecule has 2 N–H and O–H groups in total. The first-order valence-electron chi connectivity index (χ1n) is 7.32. The second kappa shape index (κ2) is 8.90. The zero-order valence-corrected chi connectivity index (χ0v) is 13.6. The van der Waals surface area contributed by atoms with Gasteiger partial charge in [-0.25, -0.2) is 0 Å². The van der Waals surface area contributed by atoms with Crippen LogP contribution in [-0.2, 0) is 4.79 Å². The molecule has 1 fully saturated rings. The monoisotopic (exact) mass is 312 g/mol. The molecular formula is C16H25ClN2O2. The fourth-order valence-electron chi connectivity index (χ4n) is 2.41. The summed E-state index contributed by atoms with van der Waals surface area (Å²) in [6.07, 6.45) is 2.38. The second-order valence-electron chi connectivity index (χ2n) is 5.57. The molecule has 0 aromatic heterocycles. The van der Waals surface area contributed by atoms with Gasteiger partial charge in [0.25, 0.3) is 5.91 Å². The minimum absolute atomic E-state index is 0. The van der Waals surface area contributed by atoms with Crippen molar-refractivity contribution >= 4 is 18.3 Å². The van der Waals surface area contributed by atoms with Gasteiger partial charge < -0.3 is 15.4 Å². The molecule has 1 saturated heterocycles. The Hall–Kier alpha value is -1.26. The number of ether oxygens (including phenoxy) is 1. The first-order chi connectivity index (χ1) is 9.65. The van der Waals surface area contributed by atoms with Gasteiger partial charge in [-0.1, -0.05) is 12.1 Å². The molecule has 0 radical (unpaired) electrons. The van der Waals surface area contributed by atoms with E-state index in [0.717, 1.165) is 36.5 Å². The van der Waals surface area contributed by atoms with Crippen molar-refractivity contribution in [3.05, 3.63) is 29.3 Å². The van der Waals surface area contributed by atoms with Crippen molar-refractivity contribution in [2.24, 2.45) is 5.92 Å². The molecule has 0 bridgehead atoms. The van der Waals surface area contributed by atoms with E-state index < -0.39 is 0 Å². The smallest absolute Gasteiger partial charge is 0.257 e. The van der Waals surface area contributed by atoms with Gasteiger partial charge >= 0.3 is 0 Å². The molecule has 0 saturated carbocycles. The Morgan fingerprint density at radius 1 is 1.43 bits per heavy atom. The third kappa shape index (κ3) is 5.94. The minimum Gasteiger partial charge on any atom is -0.483 e. The molecule has 1 atom stereocenters. The van der Waals surface area contributed by atoms with Crippen LogP contribution < -0.4 is 15.4 Å². The average molecular weight is 313 g/mol. The molecule has 0 aliphatic carbocycles. The van der Waals surface area contributed by atoms with E-state index in [4.69, 9.17) is 4.74 Å². The van der Waals surface area contributed by atoms with Crippen molar-refractivity contribution in [2.75, 3.05) is 26.2 Å². The van der Waals surface area contributed by atoms with Crippen molar-refractivity contribution < 1.29 is 9.53 Å². The van der Waals surface area contributed by atoms with E-state index in [9.17, 15) is 4.79 Å². The first kappa shape index (κ1) is 17.8. The van der Waals surface area contributed by atoms with Crippen LogP contribution in [0.4, 0.5) is 0 Å². The molecule has 2 rings (SSSR count). The Morgan fingerprint density at radius 2 is 2.24 bits per heavy atom. The molecular weight excluding hydrogens is 288 g/mol. The summed E-state index contributed by atoms with van der Waals surface area (Å²) >= 11 is 0. The van der Waals surface area contributed by atoms with E-state index in [2.05, 4.69) is 10.6 Å². The van der Waals surface area contributed by atoms with Crippen LogP contribution in [0.15, 0.2) is 18.2 Å². The Morgan fingerprint density at radius 3 is 2.95 bits per heavy atom. The van der Waals surface area contributed by atoms with Gasteiger partial charge in [0.15, 0.2) is 6.61 Å². The lowest BCUT2D eigenvalue weighted by atomic mass is 10.00. The summed E-state index contributed by atoms with van der Waals surface area (Å²) in [6, 6.07) is 6.02. The maximum Gasteiger partial charge on any atom is 0.257 e. The van der Waals surface area contributed by atoms with Crippen molar-refractivity contribution in [2.45, 2.75) is 26.7 Å². The third-order valence-corrected chi connectivity index (χ3v) is 3.69. The second-order valence-corrected chi connectivity index (χ2v) is 5.57. The van der Waals surface area contributed by atoms with E-state index >= 15 is 0 Å². The first-order valence-corrected chi connectivity index (χ1v) is 7.32. The van der Waals surface area contributed by atoms with Crippen LogP contribution in [-0.4, -0.2) is 32.1 Å². The number of hydrogen-bond donors (Lipinski definition) is 2. The fraction of sp³-hybridized carbons (Fsp3) is 0.562. The summed E-state index contributed by atoms with van der Waals surface area (Å²) in [7, 11) is 0. The number of hydrogen-bond acceptors (Lipinski definition) is 3. The highest BCUT2D eigenvalue weighted by atomic mass is 35.5. The molecule has 1 aromatic rings. The SMILES string of the molecule is Cc1ccc(C)c(OCC(=O)NCC2CCCNC2)c1.Cl. The quantitative estimate of drug-likeness (QED) is 0.876. The van der Waals surface area contributed by atoms with Crippen molar-refractivity contribution in [1.82, 2.24) is 10.6 Å². The van der Waals surface area contributed by atoms with Gasteiger partial charge in [-0.2, -0.15) is 0 Å². The minimum atomic E-state index is -0.0449. The number of benzene rings is 1. The van der Waals surface area contributed by atoms with E-state index in [1.165, 1.54) is 12.8 Å². The highest BCUT2D eigenvalue weighted by Crippen LogP contribution is 2.18. The zero-order chi connectivity index (χ0) is 14.4. The molecule has 21 heavy (non-hydrogen) atoms. The van der Waals surface area contributed by atoms with E-state index in [1.807, 2.05) is 32.0 Å². The molecule has 1 aliphatic heterocycles. The summed E-state index contributed by atoms with van der Waals surface area (Å²) in [6.45, 7) is 6.92. The van der Waals surface area contributed by atoms with E-state index in [-0.39, 0.29) is 24.9 Å². The predicted molar refractivity (Wildman–Crippen MR) is 87.3 cm³/mol. The van der Waals surface area contributed by atoms with Crippen LogP contribution in [0.25, 0.3) is 0 Å². The van der Waals surface area contributed by atoms with Gasteiger partial charge in [-0.05, 0) is 62.9 Å². The van der Waals surface area contributed by atoms with Crippen LogP contribution in [0.1, 0.15) is 24.0 Å². The average Bonchev–Trinajstić information content (AvgIpc) is 2.47. The van der Waals surface area contributed by atoms with Crippen molar-refractivity contribution in [1.29, 1.82) is 0 Å². The highest BCUT2D eigenvalue weighted by Gasteiger charge is 2.14. The molecule has 1 amide bonds. The van der Waals surface area contributed by atoms with Crippen LogP contribution in [0.5, 0.6) is 5.75 Å². The van der Waals surface area contributed by atoms with Gasteiger partial charge in [-0.3, -0.25) is 4.79 Å². The number of piperidine rings is 1. The van der Waals surface area contributed by atoms with Crippen LogP contribution >= 0.6 is 12.4 Å². The van der Waals surface area contributed by atoms with Gasteiger partial charge in [0.2, 0.25) is 0 Å². The van der Waals surface area contributed by atoms with Crippen LogP contribution in [0, 0.1) is 19.8 Å². The number of nitrogens with one attached hydrogen (secondary N) is 2. The molecule has 1 heterocycles. The predicted octanol–water partition coefficient (Wildman–Crippen LogP) is 2.22. The normalized spacial score (nSPS) is 17.7. The van der Waals surface area contributed by atoms with Gasteiger partial charge in [-0.15, -0.1) is 12.4 Å². The molecule has 4 nitrogen and oxygen atoms in total. The summed E-state index contributed by atoms with van der Waals surface area (Å²) in [5.41, 5.74) is 2.19. The van der Waals surface area contributed by atoms with Crippen molar-refractivity contribution in [3.63, 3.8) is 0 Å². The van der Waals surface area contributed by atoms with Crippen LogP contribution in [0.2, 0.25) is 0 Å². The largest absolute Gasteiger partial charge is 0.483 e. The fourth-order valence-corrected chi connectivity index (χ4v) is 2.41. The number of carbonyl (C=O) groups is 1. The van der Waals surface area contributed by atoms with Gasteiger partial charge in [0.1, 0.15) is 5.75 Å². The Balaban J connectivity index is 0.00000220. The number of amides is 1. The summed E-state index contributed by atoms with van der Waals surface area (Å²) in [5, 5.41) is 6.30. The third-order valence-electron chi connectivity index (χ3n) is 3.69. The maximum absolute atomic E-state index is 11.8. The standard InChI is InChI=1S/C16H24N2O2.ClH/c1-12-5-6-13(2)15(8-12)20-11-16(19)18-10-14-4-3-7-17-9-14;/h5-6,8,14,17H,3-4,7,9-11H2,1-2H3,(H,18,19);1H. The Bertz CT molecular complexity index is 460. The van der Waals surface area contributed by atoms with Gasteiger partial charge in [0.05, 0.1) is 0 Å². The summed E-state index contributed by atoms with van der Waals surface area (Å²) in [4.78, 5) is 11.8. The molecule has 1 aliphatic rings. The number of rotatable bonds is 5. The molecule has 118 valence electrons. The van der Waals surface area contributed by atoms with Crippen molar-refractivity contribution in [3.8, 4) is 5.75 Å². The van der Waals surface area contributed by atoms with E-state index in [0.29, 0.717) is 5.92 Å². The van der Waals surface area contributed by atoms with Crippen LogP contribution in [0.3, 0.4) is 0 Å². The summed E-state index contributed by atoms with van der Waals surface area (Å²) in [5.74, 6) is 1.30. The lowest BCUT2D eigenvalue weighted by molar-refractivity contribution is -0.123. The molecule has 0 spiro atoms. The zero-order valence-electron chi connectivity index (χ0n) is 12.8. The lowest BCUT2D eigenvalue weighted by Gasteiger charge is -2.22. The molecule has 1 aromatic carbocycles. The number of carbonyl (C=O) groups excluding carboxylic acids is 1. The number of halogens is 1. The Kier molecular flexibility index (Phi) is 7.54. The van der Waals surface area contributed by atoms with Gasteiger partial charge in [0, 0.05) is 6.54 Å².